The van der Waals surface area contributed by atoms with Crippen LogP contribution in [0.4, 0.5) is 5.69 Å². The molecule has 0 aromatic heterocycles. The Hall–Kier alpha value is -1.69. The summed E-state index contributed by atoms with van der Waals surface area (Å²) in [6.07, 6.45) is 3.64. The van der Waals surface area contributed by atoms with Crippen LogP contribution in [0.25, 0.3) is 6.08 Å². The Morgan fingerprint density at radius 2 is 2.29 bits per heavy atom. The van der Waals surface area contributed by atoms with E-state index in [1.165, 1.54) is 11.9 Å². The van der Waals surface area contributed by atoms with Crippen molar-refractivity contribution in [1.82, 2.24) is 4.83 Å². The van der Waals surface area contributed by atoms with Crippen LogP contribution in [0.2, 0.25) is 0 Å². The molecule has 0 radical (unpaired) electrons. The van der Waals surface area contributed by atoms with Gasteiger partial charge in [0.2, 0.25) is 0 Å². The summed E-state index contributed by atoms with van der Waals surface area (Å²) < 4.78 is 0. The second kappa shape index (κ2) is 2.91. The average molecular weight is 203 g/mol. The molecule has 14 heavy (non-hydrogen) atoms. The third-order valence-corrected chi connectivity index (χ3v) is 2.80. The van der Waals surface area contributed by atoms with E-state index in [-0.39, 0.29) is 0 Å². The molecule has 1 aromatic carbocycles. The first-order valence-electron chi connectivity index (χ1n) is 4.02. The van der Waals surface area contributed by atoms with E-state index in [1.807, 2.05) is 18.2 Å². The van der Waals surface area contributed by atoms with Crippen LogP contribution in [0, 0.1) is 0 Å². The summed E-state index contributed by atoms with van der Waals surface area (Å²) in [7, 11) is 0. The molecule has 0 bridgehead atoms. The van der Waals surface area contributed by atoms with Crippen molar-refractivity contribution >= 4 is 29.9 Å². The molecule has 6 heteroatoms. The van der Waals surface area contributed by atoms with Gasteiger partial charge in [-0.1, -0.05) is 6.07 Å². The topological polar surface area (TPSA) is 61.5 Å². The summed E-state index contributed by atoms with van der Waals surface area (Å²) in [5, 5.41) is 17.4. The first-order chi connectivity index (χ1) is 6.95. The van der Waals surface area contributed by atoms with Crippen molar-refractivity contribution in [2.45, 2.75) is 4.90 Å². The van der Waals surface area contributed by atoms with Crippen LogP contribution < -0.4 is 15.4 Å². The summed E-state index contributed by atoms with van der Waals surface area (Å²) >= 11 is 1.42. The SMILES string of the molecule is C1=NNSc2c3c(ccc2=C1)=NN=N3. The number of hydrogen-bond acceptors (Lipinski definition) is 6. The van der Waals surface area contributed by atoms with Gasteiger partial charge < -0.3 is 0 Å². The molecule has 2 aliphatic rings. The molecule has 0 aliphatic carbocycles. The van der Waals surface area contributed by atoms with Crippen molar-refractivity contribution in [2.75, 3.05) is 0 Å². The average Bonchev–Trinajstić information content (AvgIpc) is 2.55. The molecule has 0 amide bonds. The van der Waals surface area contributed by atoms with Gasteiger partial charge in [-0.25, -0.2) is 4.83 Å². The third kappa shape index (κ3) is 1.04. The van der Waals surface area contributed by atoms with Crippen LogP contribution in [0.3, 0.4) is 0 Å². The van der Waals surface area contributed by atoms with Gasteiger partial charge in [0.15, 0.2) is 0 Å². The summed E-state index contributed by atoms with van der Waals surface area (Å²) in [5.74, 6) is 0. The highest BCUT2D eigenvalue weighted by Crippen LogP contribution is 2.23. The quantitative estimate of drug-likeness (QED) is 0.631. The molecule has 68 valence electrons. The van der Waals surface area contributed by atoms with E-state index in [0.29, 0.717) is 0 Å². The van der Waals surface area contributed by atoms with Crippen LogP contribution in [-0.2, 0) is 0 Å². The molecule has 0 atom stereocenters. The predicted molar refractivity (Wildman–Crippen MR) is 53.7 cm³/mol. The molecule has 2 aliphatic heterocycles. The summed E-state index contributed by atoms with van der Waals surface area (Å²) in [6, 6.07) is 3.89. The van der Waals surface area contributed by atoms with E-state index in [4.69, 9.17) is 0 Å². The highest BCUT2D eigenvalue weighted by Gasteiger charge is 2.11. The van der Waals surface area contributed by atoms with Crippen LogP contribution >= 0.6 is 11.9 Å². The molecule has 0 saturated heterocycles. The van der Waals surface area contributed by atoms with Crippen molar-refractivity contribution in [3.05, 3.63) is 22.7 Å². The van der Waals surface area contributed by atoms with Crippen LogP contribution in [0.15, 0.2) is 37.6 Å². The standard InChI is InChI=1S/C8H5N5S/c1-2-6-7(11-12-10-6)8-5(1)3-4-9-13-14-8/h1-4,13H. The van der Waals surface area contributed by atoms with E-state index in [1.54, 1.807) is 6.21 Å². The fraction of sp³-hybridized carbons (Fsp3) is 0. The molecular formula is C8H5N5S. The van der Waals surface area contributed by atoms with E-state index in [0.717, 1.165) is 21.2 Å². The van der Waals surface area contributed by atoms with Gasteiger partial charge in [0.05, 0.1) is 4.90 Å². The Kier molecular flexibility index (Phi) is 1.60. The molecule has 3 rings (SSSR count). The zero-order valence-electron chi connectivity index (χ0n) is 7.01. The van der Waals surface area contributed by atoms with E-state index >= 15 is 0 Å². The summed E-state index contributed by atoms with van der Waals surface area (Å²) in [5.41, 5.74) is 0.821. The third-order valence-electron chi connectivity index (χ3n) is 1.97. The Labute approximate surface area is 83.4 Å². The molecule has 1 N–H and O–H groups in total. The largest absolute Gasteiger partial charge is 0.247 e. The summed E-state index contributed by atoms with van der Waals surface area (Å²) in [4.78, 5) is 3.86. The number of hydrogen-bond donors (Lipinski definition) is 1. The van der Waals surface area contributed by atoms with Crippen molar-refractivity contribution in [3.8, 4) is 0 Å². The fourth-order valence-corrected chi connectivity index (χ4v) is 2.03. The molecule has 0 unspecified atom stereocenters. The normalized spacial score (nSPS) is 16.0. The van der Waals surface area contributed by atoms with Gasteiger partial charge in [0.25, 0.3) is 0 Å². The highest BCUT2D eigenvalue weighted by molar-refractivity contribution is 7.97. The van der Waals surface area contributed by atoms with Crippen molar-refractivity contribution in [1.29, 1.82) is 0 Å². The van der Waals surface area contributed by atoms with Gasteiger partial charge in [-0.2, -0.15) is 5.10 Å². The Morgan fingerprint density at radius 1 is 1.29 bits per heavy atom. The van der Waals surface area contributed by atoms with Gasteiger partial charge in [0.1, 0.15) is 11.0 Å². The number of fused-ring (bicyclic) bond motifs is 3. The second-order valence-electron chi connectivity index (χ2n) is 2.78. The predicted octanol–water partition coefficient (Wildman–Crippen LogP) is 0.695. The van der Waals surface area contributed by atoms with Gasteiger partial charge in [-0.15, -0.1) is 10.2 Å². The molecule has 5 nitrogen and oxygen atoms in total. The van der Waals surface area contributed by atoms with E-state index in [9.17, 15) is 0 Å². The van der Waals surface area contributed by atoms with Crippen LogP contribution in [-0.4, -0.2) is 6.21 Å². The Morgan fingerprint density at radius 3 is 3.29 bits per heavy atom. The summed E-state index contributed by atoms with van der Waals surface area (Å²) in [6.45, 7) is 0. The van der Waals surface area contributed by atoms with Crippen LogP contribution in [0.5, 0.6) is 0 Å². The molecule has 2 heterocycles. The fourth-order valence-electron chi connectivity index (χ4n) is 1.33. The lowest BCUT2D eigenvalue weighted by Gasteiger charge is -2.00. The van der Waals surface area contributed by atoms with Gasteiger partial charge in [-0.3, -0.25) is 0 Å². The number of nitrogens with one attached hydrogen (secondary N) is 1. The zero-order valence-corrected chi connectivity index (χ0v) is 7.82. The maximum absolute atomic E-state index is 3.98. The molecule has 0 fully saturated rings. The first-order valence-corrected chi connectivity index (χ1v) is 4.84. The minimum Gasteiger partial charge on any atom is -0.247 e. The Bertz CT molecular complexity index is 560. The number of hydrazone groups is 1. The van der Waals surface area contributed by atoms with Crippen molar-refractivity contribution in [3.63, 3.8) is 0 Å². The number of benzene rings is 1. The van der Waals surface area contributed by atoms with Crippen LogP contribution in [0.1, 0.15) is 0 Å². The van der Waals surface area contributed by atoms with Gasteiger partial charge in [-0.05, 0) is 22.6 Å². The lowest BCUT2D eigenvalue weighted by molar-refractivity contribution is 1.08. The highest BCUT2D eigenvalue weighted by atomic mass is 32.2. The van der Waals surface area contributed by atoms with Gasteiger partial charge >= 0.3 is 0 Å². The van der Waals surface area contributed by atoms with Crippen molar-refractivity contribution < 1.29 is 0 Å². The van der Waals surface area contributed by atoms with E-state index < -0.39 is 0 Å². The second-order valence-corrected chi connectivity index (χ2v) is 3.57. The maximum Gasteiger partial charge on any atom is 0.131 e. The lowest BCUT2D eigenvalue weighted by Crippen LogP contribution is -2.11. The number of nitrogens with zero attached hydrogens (tertiary/aromatic N) is 4. The molecule has 0 spiro atoms. The van der Waals surface area contributed by atoms with Crippen molar-refractivity contribution in [2.24, 2.45) is 20.5 Å². The Balaban J connectivity index is 2.39. The monoisotopic (exact) mass is 203 g/mol. The molecule has 0 saturated carbocycles. The smallest absolute Gasteiger partial charge is 0.131 e. The zero-order chi connectivity index (χ0) is 9.38. The number of rotatable bonds is 0. The lowest BCUT2D eigenvalue weighted by atomic mass is 10.2. The molecule has 1 aromatic rings. The first kappa shape index (κ1) is 7.69. The van der Waals surface area contributed by atoms with Gasteiger partial charge in [0, 0.05) is 18.2 Å². The molecular weight excluding hydrogens is 198 g/mol. The maximum atomic E-state index is 3.98. The minimum atomic E-state index is 0.813. The minimum absolute atomic E-state index is 0.813. The van der Waals surface area contributed by atoms with E-state index in [2.05, 4.69) is 25.4 Å².